The van der Waals surface area contributed by atoms with Crippen molar-refractivity contribution < 1.29 is 9.18 Å². The van der Waals surface area contributed by atoms with Gasteiger partial charge in [0.15, 0.2) is 5.13 Å². The van der Waals surface area contributed by atoms with Gasteiger partial charge in [0.2, 0.25) is 0 Å². The third-order valence-corrected chi connectivity index (χ3v) is 4.57. The zero-order chi connectivity index (χ0) is 14.8. The molecule has 1 fully saturated rings. The van der Waals surface area contributed by atoms with Gasteiger partial charge in [-0.3, -0.25) is 4.79 Å². The van der Waals surface area contributed by atoms with Crippen LogP contribution < -0.4 is 4.90 Å². The Labute approximate surface area is 126 Å². The topological polar surface area (TPSA) is 36.4 Å². The first-order valence-electron chi connectivity index (χ1n) is 6.81. The number of hydrogen-bond donors (Lipinski definition) is 0. The average molecular weight is 305 g/mol. The number of anilines is 1. The Morgan fingerprint density at radius 2 is 2.05 bits per heavy atom. The van der Waals surface area contributed by atoms with Gasteiger partial charge in [-0.25, -0.2) is 9.37 Å². The Bertz CT molecular complexity index is 650. The minimum Gasteiger partial charge on any atom is -0.346 e. The molecule has 0 atom stereocenters. The van der Waals surface area contributed by atoms with Crippen molar-refractivity contribution >= 4 is 22.8 Å². The van der Waals surface area contributed by atoms with E-state index < -0.39 is 5.82 Å². The van der Waals surface area contributed by atoms with Crippen LogP contribution in [-0.2, 0) is 0 Å². The van der Waals surface area contributed by atoms with Crippen molar-refractivity contribution in [2.45, 2.75) is 0 Å². The zero-order valence-corrected chi connectivity index (χ0v) is 12.6. The minimum atomic E-state index is -0.408. The molecule has 0 unspecified atom stereocenters. The first-order chi connectivity index (χ1) is 10.2. The van der Waals surface area contributed by atoms with E-state index >= 15 is 0 Å². The molecule has 1 aliphatic rings. The number of aromatic nitrogens is 1. The quantitative estimate of drug-likeness (QED) is 0.817. The molecule has 0 N–H and O–H groups in total. The highest BCUT2D eigenvalue weighted by atomic mass is 32.1. The highest BCUT2D eigenvalue weighted by molar-refractivity contribution is 7.14. The summed E-state index contributed by atoms with van der Waals surface area (Å²) in [5.74, 6) is -0.408. The van der Waals surface area contributed by atoms with Crippen molar-refractivity contribution in [3.63, 3.8) is 0 Å². The summed E-state index contributed by atoms with van der Waals surface area (Å²) in [6, 6.07) is 4.47. The molecular weight excluding hydrogens is 289 g/mol. The van der Waals surface area contributed by atoms with E-state index in [1.165, 1.54) is 17.4 Å². The maximum Gasteiger partial charge on any atom is 0.185 e. The van der Waals surface area contributed by atoms with Crippen molar-refractivity contribution in [2.24, 2.45) is 0 Å². The average Bonchev–Trinajstić information content (AvgIpc) is 2.97. The monoisotopic (exact) mass is 305 g/mol. The van der Waals surface area contributed by atoms with E-state index in [-0.39, 0.29) is 0 Å². The number of likely N-dealkylation sites (N-methyl/N-ethyl adjacent to an activating group) is 1. The second-order valence-electron chi connectivity index (χ2n) is 5.16. The van der Waals surface area contributed by atoms with Crippen LogP contribution in [0.2, 0.25) is 0 Å². The molecular formula is C15H16FN3OS. The molecule has 6 heteroatoms. The van der Waals surface area contributed by atoms with Crippen molar-refractivity contribution in [2.75, 3.05) is 38.1 Å². The molecule has 4 nitrogen and oxygen atoms in total. The van der Waals surface area contributed by atoms with Gasteiger partial charge >= 0.3 is 0 Å². The third kappa shape index (κ3) is 2.96. The fraction of sp³-hybridized carbons (Fsp3) is 0.333. The van der Waals surface area contributed by atoms with Gasteiger partial charge in [0.1, 0.15) is 12.1 Å². The fourth-order valence-corrected chi connectivity index (χ4v) is 3.22. The van der Waals surface area contributed by atoms with Crippen molar-refractivity contribution in [1.29, 1.82) is 0 Å². The predicted octanol–water partition coefficient (Wildman–Crippen LogP) is 2.51. The van der Waals surface area contributed by atoms with E-state index in [0.717, 1.165) is 31.3 Å². The summed E-state index contributed by atoms with van der Waals surface area (Å²) in [5.41, 5.74) is 1.41. The van der Waals surface area contributed by atoms with Gasteiger partial charge < -0.3 is 9.80 Å². The van der Waals surface area contributed by atoms with Crippen LogP contribution in [0.4, 0.5) is 9.52 Å². The van der Waals surface area contributed by atoms with Gasteiger partial charge in [0.05, 0.1) is 5.69 Å². The molecule has 110 valence electrons. The smallest absolute Gasteiger partial charge is 0.185 e. The summed E-state index contributed by atoms with van der Waals surface area (Å²) in [6.07, 6.45) is 0.642. The van der Waals surface area contributed by atoms with E-state index in [0.29, 0.717) is 23.1 Å². The molecule has 0 saturated carbocycles. The molecule has 0 aliphatic carbocycles. The molecule has 3 rings (SSSR count). The molecule has 1 aromatic carbocycles. The number of nitrogens with zero attached hydrogens (tertiary/aromatic N) is 3. The number of hydrogen-bond acceptors (Lipinski definition) is 5. The number of rotatable bonds is 3. The number of halogens is 1. The predicted molar refractivity (Wildman–Crippen MR) is 82.6 cm³/mol. The summed E-state index contributed by atoms with van der Waals surface area (Å²) >= 11 is 1.53. The summed E-state index contributed by atoms with van der Waals surface area (Å²) < 4.78 is 14.0. The lowest BCUT2D eigenvalue weighted by Gasteiger charge is -2.32. The van der Waals surface area contributed by atoms with Crippen LogP contribution in [0, 0.1) is 5.82 Å². The first kappa shape index (κ1) is 14.2. The van der Waals surface area contributed by atoms with Gasteiger partial charge in [-0.2, -0.15) is 0 Å². The highest BCUT2D eigenvalue weighted by Gasteiger charge is 2.18. The first-order valence-corrected chi connectivity index (χ1v) is 7.69. The summed E-state index contributed by atoms with van der Waals surface area (Å²) in [4.78, 5) is 19.7. The van der Waals surface area contributed by atoms with Crippen molar-refractivity contribution in [1.82, 2.24) is 9.88 Å². The lowest BCUT2D eigenvalue weighted by Crippen LogP contribution is -2.44. The van der Waals surface area contributed by atoms with Crippen LogP contribution in [0.1, 0.15) is 10.4 Å². The number of benzene rings is 1. The van der Waals surface area contributed by atoms with Crippen molar-refractivity contribution in [3.05, 3.63) is 35.0 Å². The Kier molecular flexibility index (Phi) is 3.98. The summed E-state index contributed by atoms with van der Waals surface area (Å²) in [5, 5.41) is 2.80. The Hall–Kier alpha value is -1.79. The molecule has 1 aromatic heterocycles. The Balaban J connectivity index is 1.83. The third-order valence-electron chi connectivity index (χ3n) is 3.67. The van der Waals surface area contributed by atoms with Gasteiger partial charge in [-0.05, 0) is 19.2 Å². The lowest BCUT2D eigenvalue weighted by molar-refractivity contribution is 0.112. The summed E-state index contributed by atoms with van der Waals surface area (Å²) in [6.45, 7) is 3.90. The maximum absolute atomic E-state index is 14.0. The fourth-order valence-electron chi connectivity index (χ4n) is 2.34. The van der Waals surface area contributed by atoms with Gasteiger partial charge in [0, 0.05) is 42.7 Å². The number of thiazole rings is 1. The largest absolute Gasteiger partial charge is 0.346 e. The zero-order valence-electron chi connectivity index (χ0n) is 11.8. The van der Waals surface area contributed by atoms with Crippen molar-refractivity contribution in [3.8, 4) is 11.3 Å². The van der Waals surface area contributed by atoms with Crippen LogP contribution in [0.15, 0.2) is 23.6 Å². The highest BCUT2D eigenvalue weighted by Crippen LogP contribution is 2.29. The normalized spacial score (nSPS) is 16.2. The molecule has 21 heavy (non-hydrogen) atoms. The minimum absolute atomic E-state index is 0.339. The molecule has 0 spiro atoms. The number of aldehydes is 1. The maximum atomic E-state index is 14.0. The summed E-state index contributed by atoms with van der Waals surface area (Å²) in [7, 11) is 2.11. The van der Waals surface area contributed by atoms with Gasteiger partial charge in [0.25, 0.3) is 0 Å². The standard InChI is InChI=1S/C15H16FN3OS/c1-18-4-6-19(7-5-18)15-17-14(10-21-15)12-3-2-11(9-20)8-13(12)16/h2-3,8-10H,4-7H2,1H3. The molecule has 1 aliphatic heterocycles. The number of carbonyl (C=O) groups is 1. The lowest BCUT2D eigenvalue weighted by atomic mass is 10.1. The van der Waals surface area contributed by atoms with E-state index in [1.54, 1.807) is 12.1 Å². The SMILES string of the molecule is CN1CCN(c2nc(-c3ccc(C=O)cc3F)cs2)CC1. The van der Waals surface area contributed by atoms with E-state index in [1.807, 2.05) is 5.38 Å². The Morgan fingerprint density at radius 1 is 1.29 bits per heavy atom. The van der Waals surface area contributed by atoms with E-state index in [4.69, 9.17) is 0 Å². The van der Waals surface area contributed by atoms with Crippen LogP contribution in [-0.4, -0.2) is 49.4 Å². The molecule has 1 saturated heterocycles. The van der Waals surface area contributed by atoms with Gasteiger partial charge in [-0.15, -0.1) is 11.3 Å². The van der Waals surface area contributed by atoms with E-state index in [2.05, 4.69) is 21.8 Å². The number of piperazine rings is 1. The molecule has 2 aromatic rings. The molecule has 0 bridgehead atoms. The van der Waals surface area contributed by atoms with Crippen LogP contribution in [0.3, 0.4) is 0 Å². The van der Waals surface area contributed by atoms with Crippen LogP contribution in [0.25, 0.3) is 11.3 Å². The van der Waals surface area contributed by atoms with E-state index in [9.17, 15) is 9.18 Å². The second kappa shape index (κ2) is 5.91. The molecule has 0 amide bonds. The Morgan fingerprint density at radius 3 is 2.71 bits per heavy atom. The molecule has 0 radical (unpaired) electrons. The number of carbonyl (C=O) groups excluding carboxylic acids is 1. The van der Waals surface area contributed by atoms with Gasteiger partial charge in [-0.1, -0.05) is 6.07 Å². The molecule has 2 heterocycles. The van der Waals surface area contributed by atoms with Crippen LogP contribution >= 0.6 is 11.3 Å². The second-order valence-corrected chi connectivity index (χ2v) is 6.00. The van der Waals surface area contributed by atoms with Crippen LogP contribution in [0.5, 0.6) is 0 Å².